The molecule has 2 heterocycles. The molecule has 4 rings (SSSR count). The fourth-order valence-corrected chi connectivity index (χ4v) is 4.86. The minimum Gasteiger partial charge on any atom is -0.356 e. The number of amides is 1. The van der Waals surface area contributed by atoms with Gasteiger partial charge in [0, 0.05) is 35.3 Å². The number of piperidine rings is 1. The van der Waals surface area contributed by atoms with E-state index in [1.807, 2.05) is 37.3 Å². The topological polar surface area (TPSA) is 58.1 Å². The first kappa shape index (κ1) is 19.2. The zero-order valence-corrected chi connectivity index (χ0v) is 17.3. The van der Waals surface area contributed by atoms with Crippen molar-refractivity contribution in [2.45, 2.75) is 56.4 Å². The van der Waals surface area contributed by atoms with Crippen molar-refractivity contribution >= 4 is 23.5 Å². The third kappa shape index (κ3) is 4.66. The highest BCUT2D eigenvalue weighted by Crippen LogP contribution is 2.29. The Hall–Kier alpha value is -2.08. The maximum Gasteiger partial charge on any atom is 0.230 e. The number of hydrogen-bond acceptors (Lipinski definition) is 5. The van der Waals surface area contributed by atoms with Crippen LogP contribution in [0.2, 0.25) is 0 Å². The molecule has 0 saturated carbocycles. The summed E-state index contributed by atoms with van der Waals surface area (Å²) in [6.07, 6.45) is 6.59. The number of aryl methyl sites for hydroxylation is 2. The molecule has 148 valence electrons. The second-order valence-corrected chi connectivity index (χ2v) is 8.71. The molecule has 2 aromatic rings. The fourth-order valence-electron chi connectivity index (χ4n) is 4.13. The van der Waals surface area contributed by atoms with Gasteiger partial charge in [0.25, 0.3) is 0 Å². The van der Waals surface area contributed by atoms with Crippen molar-refractivity contribution in [2.75, 3.05) is 23.7 Å². The van der Waals surface area contributed by atoms with E-state index in [1.165, 1.54) is 24.1 Å². The number of fused-ring (bicyclic) bond motifs is 1. The SMILES string of the molecule is Cc1nc2c(c(N3CCC(NC(=O)CSc4ccccc4)CC3)n1)CCCC2. The predicted molar refractivity (Wildman–Crippen MR) is 114 cm³/mol. The van der Waals surface area contributed by atoms with Crippen LogP contribution in [0.1, 0.15) is 42.8 Å². The molecule has 1 aliphatic carbocycles. The first-order valence-corrected chi connectivity index (χ1v) is 11.3. The van der Waals surface area contributed by atoms with Crippen LogP contribution in [0.5, 0.6) is 0 Å². The van der Waals surface area contributed by atoms with Gasteiger partial charge in [-0.2, -0.15) is 0 Å². The Balaban J connectivity index is 1.30. The molecule has 0 bridgehead atoms. The van der Waals surface area contributed by atoms with Crippen LogP contribution in [0.25, 0.3) is 0 Å². The van der Waals surface area contributed by atoms with E-state index in [9.17, 15) is 4.79 Å². The van der Waals surface area contributed by atoms with Crippen LogP contribution in [0, 0.1) is 6.92 Å². The molecule has 0 spiro atoms. The van der Waals surface area contributed by atoms with Gasteiger partial charge in [-0.15, -0.1) is 11.8 Å². The van der Waals surface area contributed by atoms with E-state index < -0.39 is 0 Å². The van der Waals surface area contributed by atoms with Crippen LogP contribution in [0.15, 0.2) is 35.2 Å². The van der Waals surface area contributed by atoms with Crippen molar-refractivity contribution in [2.24, 2.45) is 0 Å². The average molecular weight is 397 g/mol. The van der Waals surface area contributed by atoms with Crippen LogP contribution >= 0.6 is 11.8 Å². The maximum absolute atomic E-state index is 12.3. The summed E-state index contributed by atoms with van der Waals surface area (Å²) in [5.74, 6) is 2.63. The molecule has 0 radical (unpaired) electrons. The highest BCUT2D eigenvalue weighted by Gasteiger charge is 2.25. The van der Waals surface area contributed by atoms with Crippen molar-refractivity contribution < 1.29 is 4.79 Å². The Morgan fingerprint density at radius 1 is 1.14 bits per heavy atom. The van der Waals surface area contributed by atoms with Gasteiger partial charge in [-0.3, -0.25) is 4.79 Å². The van der Waals surface area contributed by atoms with Gasteiger partial charge in [-0.1, -0.05) is 18.2 Å². The number of nitrogens with zero attached hydrogens (tertiary/aromatic N) is 3. The lowest BCUT2D eigenvalue weighted by Gasteiger charge is -2.35. The van der Waals surface area contributed by atoms with Crippen molar-refractivity contribution in [3.8, 4) is 0 Å². The van der Waals surface area contributed by atoms with Gasteiger partial charge in [-0.05, 0) is 57.6 Å². The first-order chi connectivity index (χ1) is 13.7. The number of anilines is 1. The Morgan fingerprint density at radius 2 is 1.89 bits per heavy atom. The third-order valence-corrected chi connectivity index (χ3v) is 6.56. The minimum absolute atomic E-state index is 0.127. The first-order valence-electron chi connectivity index (χ1n) is 10.3. The number of rotatable bonds is 5. The fraction of sp³-hybridized carbons (Fsp3) is 0.500. The van der Waals surface area contributed by atoms with Crippen LogP contribution in [0.4, 0.5) is 5.82 Å². The van der Waals surface area contributed by atoms with E-state index in [0.717, 1.165) is 55.3 Å². The Labute approximate surface area is 171 Å². The molecule has 1 aliphatic heterocycles. The van der Waals surface area contributed by atoms with Crippen molar-refractivity contribution in [1.29, 1.82) is 0 Å². The molecule has 5 nitrogen and oxygen atoms in total. The molecule has 1 amide bonds. The van der Waals surface area contributed by atoms with Gasteiger partial charge in [0.2, 0.25) is 5.91 Å². The van der Waals surface area contributed by atoms with E-state index >= 15 is 0 Å². The lowest BCUT2D eigenvalue weighted by atomic mass is 9.95. The molecule has 28 heavy (non-hydrogen) atoms. The Kier molecular flexibility index (Phi) is 6.15. The average Bonchev–Trinajstić information content (AvgIpc) is 2.73. The molecule has 1 saturated heterocycles. The second-order valence-electron chi connectivity index (χ2n) is 7.66. The van der Waals surface area contributed by atoms with E-state index in [0.29, 0.717) is 5.75 Å². The van der Waals surface area contributed by atoms with Gasteiger partial charge in [0.1, 0.15) is 11.6 Å². The van der Waals surface area contributed by atoms with Gasteiger partial charge in [0.15, 0.2) is 0 Å². The van der Waals surface area contributed by atoms with E-state index in [-0.39, 0.29) is 11.9 Å². The molecule has 2 aliphatic rings. The summed E-state index contributed by atoms with van der Waals surface area (Å²) < 4.78 is 0. The number of aromatic nitrogens is 2. The highest BCUT2D eigenvalue weighted by atomic mass is 32.2. The number of carbonyl (C=O) groups is 1. The predicted octanol–water partition coefficient (Wildman–Crippen LogP) is 3.54. The van der Waals surface area contributed by atoms with E-state index in [4.69, 9.17) is 4.98 Å². The molecular weight excluding hydrogens is 368 g/mol. The molecule has 6 heteroatoms. The van der Waals surface area contributed by atoms with Crippen LogP contribution in [0.3, 0.4) is 0 Å². The Bertz CT molecular complexity index is 819. The summed E-state index contributed by atoms with van der Waals surface area (Å²) in [5, 5.41) is 3.22. The van der Waals surface area contributed by atoms with Gasteiger partial charge < -0.3 is 10.2 Å². The van der Waals surface area contributed by atoms with Crippen LogP contribution in [-0.2, 0) is 17.6 Å². The van der Waals surface area contributed by atoms with Gasteiger partial charge >= 0.3 is 0 Å². The zero-order valence-electron chi connectivity index (χ0n) is 16.5. The summed E-state index contributed by atoms with van der Waals surface area (Å²) in [6.45, 7) is 3.88. The molecule has 1 aromatic heterocycles. The molecule has 1 aromatic carbocycles. The second kappa shape index (κ2) is 8.95. The minimum atomic E-state index is 0.127. The lowest BCUT2D eigenvalue weighted by molar-refractivity contribution is -0.119. The number of benzene rings is 1. The van der Waals surface area contributed by atoms with Crippen molar-refractivity contribution in [3.05, 3.63) is 47.4 Å². The van der Waals surface area contributed by atoms with E-state index in [1.54, 1.807) is 11.8 Å². The molecule has 1 N–H and O–H groups in total. The molecule has 0 atom stereocenters. The van der Waals surface area contributed by atoms with Crippen molar-refractivity contribution in [3.63, 3.8) is 0 Å². The normalized spacial score (nSPS) is 17.2. The third-order valence-electron chi connectivity index (χ3n) is 5.55. The number of nitrogens with one attached hydrogen (secondary N) is 1. The highest BCUT2D eigenvalue weighted by molar-refractivity contribution is 8.00. The number of carbonyl (C=O) groups excluding carboxylic acids is 1. The summed E-state index contributed by atoms with van der Waals surface area (Å²) >= 11 is 1.59. The standard InChI is InChI=1S/C22H28N4OS/c1-16-23-20-10-6-5-9-19(20)22(24-16)26-13-11-17(12-14-26)25-21(27)15-28-18-7-3-2-4-8-18/h2-4,7-8,17H,5-6,9-15H2,1H3,(H,25,27). The Morgan fingerprint density at radius 3 is 2.68 bits per heavy atom. The number of thioether (sulfide) groups is 1. The zero-order chi connectivity index (χ0) is 19.3. The van der Waals surface area contributed by atoms with Gasteiger partial charge in [-0.25, -0.2) is 9.97 Å². The van der Waals surface area contributed by atoms with Crippen LogP contribution < -0.4 is 10.2 Å². The maximum atomic E-state index is 12.3. The number of hydrogen-bond donors (Lipinski definition) is 1. The molecule has 1 fully saturated rings. The summed E-state index contributed by atoms with van der Waals surface area (Å²) in [6, 6.07) is 10.3. The lowest BCUT2D eigenvalue weighted by Crippen LogP contribution is -2.45. The largest absolute Gasteiger partial charge is 0.356 e. The van der Waals surface area contributed by atoms with Crippen molar-refractivity contribution in [1.82, 2.24) is 15.3 Å². The van der Waals surface area contributed by atoms with Crippen LogP contribution in [-0.4, -0.2) is 40.8 Å². The summed E-state index contributed by atoms with van der Waals surface area (Å²) in [7, 11) is 0. The molecule has 0 unspecified atom stereocenters. The smallest absolute Gasteiger partial charge is 0.230 e. The summed E-state index contributed by atoms with van der Waals surface area (Å²) in [4.78, 5) is 25.3. The molecular formula is C22H28N4OS. The van der Waals surface area contributed by atoms with E-state index in [2.05, 4.69) is 15.2 Å². The summed E-state index contributed by atoms with van der Waals surface area (Å²) in [5.41, 5.74) is 2.61. The quantitative estimate of drug-likeness (QED) is 0.784. The monoisotopic (exact) mass is 396 g/mol. The van der Waals surface area contributed by atoms with Gasteiger partial charge in [0.05, 0.1) is 5.75 Å².